The van der Waals surface area contributed by atoms with Gasteiger partial charge in [-0.15, -0.1) is 12.4 Å². The van der Waals surface area contributed by atoms with Crippen LogP contribution in [0.1, 0.15) is 13.8 Å². The predicted octanol–water partition coefficient (Wildman–Crippen LogP) is 1.85. The zero-order chi connectivity index (χ0) is 14.0. The number of nitrogens with two attached hydrogens (primary N) is 1. The summed E-state index contributed by atoms with van der Waals surface area (Å²) in [7, 11) is -2.20. The lowest BCUT2D eigenvalue weighted by Gasteiger charge is -2.28. The quantitative estimate of drug-likeness (QED) is 0.903. The van der Waals surface area contributed by atoms with Crippen LogP contribution in [0.4, 0.5) is 4.39 Å². The van der Waals surface area contributed by atoms with Gasteiger partial charge < -0.3 is 5.73 Å². The average molecular weight is 311 g/mol. The molecular weight excluding hydrogens is 291 g/mol. The number of rotatable bonds is 5. The third-order valence-corrected chi connectivity index (χ3v) is 4.51. The molecule has 0 saturated heterocycles. The fraction of sp³-hybridized carbons (Fsp3) is 0.500. The lowest BCUT2D eigenvalue weighted by Crippen LogP contribution is -2.39. The van der Waals surface area contributed by atoms with Crippen molar-refractivity contribution in [3.63, 3.8) is 0 Å². The van der Waals surface area contributed by atoms with Crippen LogP contribution in [-0.2, 0) is 10.0 Å². The molecule has 1 aromatic carbocycles. The summed E-state index contributed by atoms with van der Waals surface area (Å²) in [5, 5.41) is 0. The third-order valence-electron chi connectivity index (χ3n) is 2.71. The molecule has 0 aliphatic rings. The van der Waals surface area contributed by atoms with Crippen LogP contribution in [0.2, 0.25) is 0 Å². The second-order valence-corrected chi connectivity index (χ2v) is 7.13. The number of benzene rings is 1. The van der Waals surface area contributed by atoms with Crippen molar-refractivity contribution in [2.45, 2.75) is 18.7 Å². The Kier molecular flexibility index (Phi) is 6.41. The molecule has 7 heteroatoms. The van der Waals surface area contributed by atoms with E-state index in [2.05, 4.69) is 0 Å². The van der Waals surface area contributed by atoms with Crippen molar-refractivity contribution in [1.29, 1.82) is 0 Å². The van der Waals surface area contributed by atoms with Gasteiger partial charge in [-0.3, -0.25) is 0 Å². The molecule has 110 valence electrons. The molecule has 0 bridgehead atoms. The van der Waals surface area contributed by atoms with Crippen LogP contribution in [-0.4, -0.2) is 32.9 Å². The van der Waals surface area contributed by atoms with Crippen LogP contribution in [0.15, 0.2) is 29.2 Å². The lowest BCUT2D eigenvalue weighted by atomic mass is 9.94. The van der Waals surface area contributed by atoms with E-state index in [1.54, 1.807) is 0 Å². The maximum atomic E-state index is 13.1. The van der Waals surface area contributed by atoms with Crippen molar-refractivity contribution in [2.24, 2.45) is 11.1 Å². The van der Waals surface area contributed by atoms with E-state index in [9.17, 15) is 12.8 Å². The van der Waals surface area contributed by atoms with Gasteiger partial charge >= 0.3 is 0 Å². The summed E-state index contributed by atoms with van der Waals surface area (Å²) in [6.45, 7) is 4.41. The van der Waals surface area contributed by atoms with Crippen LogP contribution in [0.3, 0.4) is 0 Å². The summed E-state index contributed by atoms with van der Waals surface area (Å²) >= 11 is 0. The molecule has 0 spiro atoms. The van der Waals surface area contributed by atoms with Gasteiger partial charge in [0, 0.05) is 13.6 Å². The largest absolute Gasteiger partial charge is 0.330 e. The van der Waals surface area contributed by atoms with E-state index < -0.39 is 15.8 Å². The third kappa shape index (κ3) is 4.72. The van der Waals surface area contributed by atoms with Crippen LogP contribution in [0.5, 0.6) is 0 Å². The molecule has 0 aromatic heterocycles. The van der Waals surface area contributed by atoms with Gasteiger partial charge in [-0.05, 0) is 30.2 Å². The molecule has 0 fully saturated rings. The van der Waals surface area contributed by atoms with E-state index in [4.69, 9.17) is 5.73 Å². The second-order valence-electron chi connectivity index (χ2n) is 5.09. The molecule has 0 saturated carbocycles. The smallest absolute Gasteiger partial charge is 0.242 e. The Morgan fingerprint density at radius 2 is 1.95 bits per heavy atom. The molecule has 0 unspecified atom stereocenters. The van der Waals surface area contributed by atoms with E-state index >= 15 is 0 Å². The number of nitrogens with zero attached hydrogens (tertiary/aromatic N) is 1. The number of hydrogen-bond acceptors (Lipinski definition) is 3. The fourth-order valence-corrected chi connectivity index (χ4v) is 2.95. The van der Waals surface area contributed by atoms with Crippen molar-refractivity contribution in [1.82, 2.24) is 4.31 Å². The average Bonchev–Trinajstić information content (AvgIpc) is 2.28. The normalized spacial score (nSPS) is 12.3. The molecule has 0 amide bonds. The standard InChI is InChI=1S/C12H19FN2O2S.ClH/c1-12(2,8-14)9-15(3)18(16,17)11-6-4-5-10(13)7-11;/h4-7H,8-9,14H2,1-3H3;1H. The van der Waals surface area contributed by atoms with Gasteiger partial charge in [0.15, 0.2) is 0 Å². The first kappa shape index (κ1) is 18.3. The first-order chi connectivity index (χ1) is 8.19. The molecule has 0 aliphatic carbocycles. The molecule has 0 radical (unpaired) electrons. The molecular formula is C12H20ClFN2O2S. The van der Waals surface area contributed by atoms with Crippen molar-refractivity contribution < 1.29 is 12.8 Å². The molecule has 19 heavy (non-hydrogen) atoms. The number of hydrogen-bond donors (Lipinski definition) is 1. The Morgan fingerprint density at radius 1 is 1.37 bits per heavy atom. The van der Waals surface area contributed by atoms with Gasteiger partial charge in [0.2, 0.25) is 10.0 Å². The Hall–Kier alpha value is -0.690. The summed E-state index contributed by atoms with van der Waals surface area (Å²) in [6, 6.07) is 4.98. The monoisotopic (exact) mass is 310 g/mol. The minimum atomic E-state index is -3.67. The Bertz CT molecular complexity index is 520. The van der Waals surface area contributed by atoms with E-state index in [-0.39, 0.29) is 29.3 Å². The summed E-state index contributed by atoms with van der Waals surface area (Å²) in [4.78, 5) is -0.0437. The van der Waals surface area contributed by atoms with Gasteiger partial charge in [-0.2, -0.15) is 0 Å². The van der Waals surface area contributed by atoms with Gasteiger partial charge in [0.25, 0.3) is 0 Å². The molecule has 2 N–H and O–H groups in total. The van der Waals surface area contributed by atoms with E-state index in [0.29, 0.717) is 6.54 Å². The second kappa shape index (κ2) is 6.65. The van der Waals surface area contributed by atoms with Crippen LogP contribution in [0, 0.1) is 11.2 Å². The van der Waals surface area contributed by atoms with E-state index in [0.717, 1.165) is 6.07 Å². The van der Waals surface area contributed by atoms with Gasteiger partial charge in [0.1, 0.15) is 5.82 Å². The Balaban J connectivity index is 0.00000324. The SMILES string of the molecule is CN(CC(C)(C)CN)S(=O)(=O)c1cccc(F)c1.Cl. The molecule has 0 atom stereocenters. The summed E-state index contributed by atoms with van der Waals surface area (Å²) in [5.41, 5.74) is 5.25. The maximum Gasteiger partial charge on any atom is 0.242 e. The first-order valence-electron chi connectivity index (χ1n) is 5.61. The van der Waals surface area contributed by atoms with Gasteiger partial charge in [-0.25, -0.2) is 17.1 Å². The van der Waals surface area contributed by atoms with Crippen molar-refractivity contribution >= 4 is 22.4 Å². The van der Waals surface area contributed by atoms with Crippen LogP contribution >= 0.6 is 12.4 Å². The summed E-state index contributed by atoms with van der Waals surface area (Å²) in [6.07, 6.45) is 0. The highest BCUT2D eigenvalue weighted by molar-refractivity contribution is 7.89. The zero-order valence-electron chi connectivity index (χ0n) is 11.3. The molecule has 0 aliphatic heterocycles. The van der Waals surface area contributed by atoms with Gasteiger partial charge in [-0.1, -0.05) is 19.9 Å². The van der Waals surface area contributed by atoms with Crippen molar-refractivity contribution in [2.75, 3.05) is 20.1 Å². The highest BCUT2D eigenvalue weighted by atomic mass is 35.5. The Morgan fingerprint density at radius 3 is 2.42 bits per heavy atom. The van der Waals surface area contributed by atoms with Crippen molar-refractivity contribution in [3.05, 3.63) is 30.1 Å². The first-order valence-corrected chi connectivity index (χ1v) is 7.05. The summed E-state index contributed by atoms with van der Waals surface area (Å²) < 4.78 is 38.7. The van der Waals surface area contributed by atoms with Crippen molar-refractivity contribution in [3.8, 4) is 0 Å². The van der Waals surface area contributed by atoms with Crippen LogP contribution in [0.25, 0.3) is 0 Å². The van der Waals surface area contributed by atoms with Crippen LogP contribution < -0.4 is 5.73 Å². The van der Waals surface area contributed by atoms with Gasteiger partial charge in [0.05, 0.1) is 4.90 Å². The topological polar surface area (TPSA) is 63.4 Å². The molecule has 1 rings (SSSR count). The van der Waals surface area contributed by atoms with E-state index in [1.165, 1.54) is 29.6 Å². The van der Waals surface area contributed by atoms with E-state index in [1.807, 2.05) is 13.8 Å². The number of halogens is 2. The molecule has 0 heterocycles. The lowest BCUT2D eigenvalue weighted by molar-refractivity contribution is 0.292. The zero-order valence-corrected chi connectivity index (χ0v) is 12.9. The predicted molar refractivity (Wildman–Crippen MR) is 76.3 cm³/mol. The summed E-state index contributed by atoms with van der Waals surface area (Å²) in [5.74, 6) is -0.567. The number of sulfonamides is 1. The maximum absolute atomic E-state index is 13.1. The molecule has 1 aromatic rings. The minimum Gasteiger partial charge on any atom is -0.330 e. The highest BCUT2D eigenvalue weighted by Gasteiger charge is 2.27. The minimum absolute atomic E-state index is 0. The fourth-order valence-electron chi connectivity index (χ4n) is 1.56. The Labute approximate surface area is 120 Å². The highest BCUT2D eigenvalue weighted by Crippen LogP contribution is 2.20. The molecule has 4 nitrogen and oxygen atoms in total.